The van der Waals surface area contributed by atoms with Crippen LogP contribution in [0.3, 0.4) is 0 Å². The Kier molecular flexibility index (Phi) is 5.21. The van der Waals surface area contributed by atoms with Gasteiger partial charge in [-0.1, -0.05) is 26.7 Å². The Morgan fingerprint density at radius 2 is 2.12 bits per heavy atom. The number of nitrogens with one attached hydrogen (secondary N) is 1. The van der Waals surface area contributed by atoms with Crippen molar-refractivity contribution in [2.24, 2.45) is 11.1 Å². The van der Waals surface area contributed by atoms with Gasteiger partial charge >= 0.3 is 0 Å². The van der Waals surface area contributed by atoms with E-state index in [4.69, 9.17) is 5.14 Å². The normalized spacial score (nSPS) is 28.9. The summed E-state index contributed by atoms with van der Waals surface area (Å²) in [5.74, 6) is 0.716. The van der Waals surface area contributed by atoms with Gasteiger partial charge in [0.05, 0.1) is 5.25 Å². The van der Waals surface area contributed by atoms with E-state index < -0.39 is 10.0 Å². The van der Waals surface area contributed by atoms with Gasteiger partial charge in [0.1, 0.15) is 0 Å². The van der Waals surface area contributed by atoms with Gasteiger partial charge in [-0.05, 0) is 25.2 Å². The molecule has 0 saturated carbocycles. The summed E-state index contributed by atoms with van der Waals surface area (Å²) >= 11 is 0. The minimum Gasteiger partial charge on any atom is -0.313 e. The van der Waals surface area contributed by atoms with E-state index in [0.717, 1.165) is 12.8 Å². The van der Waals surface area contributed by atoms with Gasteiger partial charge in [0.2, 0.25) is 10.0 Å². The maximum absolute atomic E-state index is 11.2. The predicted octanol–water partition coefficient (Wildman–Crippen LogP) is 1.22. The molecule has 0 bridgehead atoms. The molecule has 4 nitrogen and oxygen atoms in total. The van der Waals surface area contributed by atoms with Crippen LogP contribution in [-0.4, -0.2) is 26.3 Å². The van der Waals surface area contributed by atoms with E-state index in [1.54, 1.807) is 0 Å². The van der Waals surface area contributed by atoms with Crippen LogP contribution in [-0.2, 0) is 10.0 Å². The molecule has 96 valence electrons. The molecule has 1 heterocycles. The lowest BCUT2D eigenvalue weighted by atomic mass is 9.92. The van der Waals surface area contributed by atoms with Crippen LogP contribution in [0.4, 0.5) is 0 Å². The topological polar surface area (TPSA) is 72.2 Å². The van der Waals surface area contributed by atoms with E-state index in [2.05, 4.69) is 19.2 Å². The van der Waals surface area contributed by atoms with E-state index in [0.29, 0.717) is 24.9 Å². The number of primary sulfonamides is 1. The van der Waals surface area contributed by atoms with Crippen LogP contribution >= 0.6 is 0 Å². The molecule has 1 aliphatic heterocycles. The Morgan fingerprint density at radius 1 is 1.44 bits per heavy atom. The molecule has 1 saturated heterocycles. The zero-order chi connectivity index (χ0) is 12.2. The molecule has 0 amide bonds. The third-order valence-electron chi connectivity index (χ3n) is 3.40. The highest BCUT2D eigenvalue weighted by molar-refractivity contribution is 7.89. The average Bonchev–Trinajstić information content (AvgIpc) is 2.17. The summed E-state index contributed by atoms with van der Waals surface area (Å²) in [4.78, 5) is 0. The van der Waals surface area contributed by atoms with Crippen molar-refractivity contribution >= 4 is 10.0 Å². The fourth-order valence-corrected chi connectivity index (χ4v) is 3.26. The van der Waals surface area contributed by atoms with E-state index in [-0.39, 0.29) is 5.25 Å². The summed E-state index contributed by atoms with van der Waals surface area (Å²) < 4.78 is 22.3. The summed E-state index contributed by atoms with van der Waals surface area (Å²) in [5, 5.41) is 8.06. The summed E-state index contributed by atoms with van der Waals surface area (Å²) in [6.07, 6.45) is 5.24. The van der Waals surface area contributed by atoms with Gasteiger partial charge in [-0.2, -0.15) is 0 Å². The van der Waals surface area contributed by atoms with E-state index in [9.17, 15) is 8.42 Å². The molecule has 3 atom stereocenters. The second-order valence-electron chi connectivity index (χ2n) is 5.02. The molecule has 3 N–H and O–H groups in total. The Bertz CT molecular complexity index is 295. The van der Waals surface area contributed by atoms with Crippen molar-refractivity contribution in [3.63, 3.8) is 0 Å². The van der Waals surface area contributed by atoms with Gasteiger partial charge < -0.3 is 5.32 Å². The average molecular weight is 248 g/mol. The van der Waals surface area contributed by atoms with Crippen LogP contribution in [0.15, 0.2) is 0 Å². The molecular weight excluding hydrogens is 224 g/mol. The first-order valence-corrected chi connectivity index (χ1v) is 7.79. The zero-order valence-corrected chi connectivity index (χ0v) is 11.1. The molecule has 0 aromatic rings. The highest BCUT2D eigenvalue weighted by Crippen LogP contribution is 2.20. The smallest absolute Gasteiger partial charge is 0.213 e. The predicted molar refractivity (Wildman–Crippen MR) is 66.6 cm³/mol. The van der Waals surface area contributed by atoms with Crippen LogP contribution < -0.4 is 10.5 Å². The summed E-state index contributed by atoms with van der Waals surface area (Å²) in [6, 6.07) is 0.472. The quantitative estimate of drug-likeness (QED) is 0.768. The molecule has 0 aliphatic carbocycles. The number of rotatable bonds is 5. The molecule has 16 heavy (non-hydrogen) atoms. The van der Waals surface area contributed by atoms with Crippen molar-refractivity contribution in [3.05, 3.63) is 0 Å². The van der Waals surface area contributed by atoms with Gasteiger partial charge in [-0.15, -0.1) is 0 Å². The molecule has 0 spiro atoms. The molecule has 1 aliphatic rings. The highest BCUT2D eigenvalue weighted by atomic mass is 32.2. The molecule has 5 heteroatoms. The number of hydrogen-bond acceptors (Lipinski definition) is 3. The maximum Gasteiger partial charge on any atom is 0.213 e. The summed E-state index contributed by atoms with van der Waals surface area (Å²) in [5.41, 5.74) is 0. The second kappa shape index (κ2) is 5.98. The Hall–Kier alpha value is -0.130. The Balaban J connectivity index is 2.32. The van der Waals surface area contributed by atoms with E-state index in [1.165, 1.54) is 12.8 Å². The minimum atomic E-state index is -3.35. The first-order chi connectivity index (χ1) is 7.43. The first kappa shape index (κ1) is 13.9. The van der Waals surface area contributed by atoms with Crippen LogP contribution in [0.1, 0.15) is 46.0 Å². The fraction of sp³-hybridized carbons (Fsp3) is 1.00. The van der Waals surface area contributed by atoms with Crippen molar-refractivity contribution < 1.29 is 8.42 Å². The highest BCUT2D eigenvalue weighted by Gasteiger charge is 2.28. The van der Waals surface area contributed by atoms with Crippen molar-refractivity contribution in [1.29, 1.82) is 0 Å². The molecule has 1 rings (SSSR count). The van der Waals surface area contributed by atoms with Gasteiger partial charge in [-0.25, -0.2) is 13.6 Å². The van der Waals surface area contributed by atoms with Crippen molar-refractivity contribution in [2.45, 2.75) is 57.2 Å². The van der Waals surface area contributed by atoms with Crippen LogP contribution in [0, 0.1) is 5.92 Å². The molecule has 0 aromatic heterocycles. The van der Waals surface area contributed by atoms with Crippen molar-refractivity contribution in [3.8, 4) is 0 Å². The summed E-state index contributed by atoms with van der Waals surface area (Å²) in [7, 11) is -3.35. The lowest BCUT2D eigenvalue weighted by molar-refractivity contribution is 0.328. The lowest BCUT2D eigenvalue weighted by Gasteiger charge is -2.30. The number of piperidine rings is 1. The van der Waals surface area contributed by atoms with Crippen LogP contribution in [0.2, 0.25) is 0 Å². The van der Waals surface area contributed by atoms with Crippen LogP contribution in [0.25, 0.3) is 0 Å². The maximum atomic E-state index is 11.2. The molecule has 0 aromatic carbocycles. The Morgan fingerprint density at radius 3 is 2.56 bits per heavy atom. The van der Waals surface area contributed by atoms with Gasteiger partial charge in [0.25, 0.3) is 0 Å². The van der Waals surface area contributed by atoms with Gasteiger partial charge in [0.15, 0.2) is 0 Å². The van der Waals surface area contributed by atoms with Crippen molar-refractivity contribution in [2.75, 3.05) is 6.54 Å². The van der Waals surface area contributed by atoms with Crippen LogP contribution in [0.5, 0.6) is 0 Å². The largest absolute Gasteiger partial charge is 0.313 e. The molecule has 3 unspecified atom stereocenters. The summed E-state index contributed by atoms with van der Waals surface area (Å²) in [6.45, 7) is 4.97. The van der Waals surface area contributed by atoms with Crippen molar-refractivity contribution in [1.82, 2.24) is 5.32 Å². The van der Waals surface area contributed by atoms with E-state index >= 15 is 0 Å². The second-order valence-corrected chi connectivity index (χ2v) is 6.87. The standard InChI is InChI=1S/C11H24N2O2S/c1-3-4-9(2)7-10-5-6-11(8-13-10)16(12,14)15/h9-11,13H,3-8H2,1-2H3,(H2,12,14,15). The van der Waals surface area contributed by atoms with Gasteiger partial charge in [0, 0.05) is 12.6 Å². The lowest BCUT2D eigenvalue weighted by Crippen LogP contribution is -2.47. The molecule has 1 fully saturated rings. The monoisotopic (exact) mass is 248 g/mol. The first-order valence-electron chi connectivity index (χ1n) is 6.18. The third kappa shape index (κ3) is 4.39. The number of hydrogen-bond donors (Lipinski definition) is 2. The fourth-order valence-electron chi connectivity index (χ4n) is 2.47. The third-order valence-corrected chi connectivity index (χ3v) is 4.74. The molecule has 0 radical (unpaired) electrons. The number of nitrogens with two attached hydrogens (primary N) is 1. The minimum absolute atomic E-state index is 0.384. The Labute approximate surface area is 99.0 Å². The zero-order valence-electron chi connectivity index (χ0n) is 10.3. The molecular formula is C11H24N2O2S. The number of sulfonamides is 1. The van der Waals surface area contributed by atoms with Gasteiger partial charge in [-0.3, -0.25) is 0 Å². The SMILES string of the molecule is CCCC(C)CC1CCC(S(N)(=O)=O)CN1. The van der Waals surface area contributed by atoms with E-state index in [1.807, 2.05) is 0 Å².